The zero-order chi connectivity index (χ0) is 15.9. The molecule has 0 saturated heterocycles. The standard InChI is InChI=1S/C22H14N2/c1-2-7-18-16(5-1)17-6-3-4-8-19(17)21-13-15(9-10-20(18)21)22-11-12-23-14-24-22/h1-14H. The monoisotopic (exact) mass is 306 g/mol. The number of rotatable bonds is 1. The highest BCUT2D eigenvalue weighted by Gasteiger charge is 2.09. The maximum Gasteiger partial charge on any atom is 0.116 e. The zero-order valence-electron chi connectivity index (χ0n) is 13.0. The highest BCUT2D eigenvalue weighted by Crippen LogP contribution is 2.36. The summed E-state index contributed by atoms with van der Waals surface area (Å²) < 4.78 is 0. The summed E-state index contributed by atoms with van der Waals surface area (Å²) in [5, 5.41) is 7.71. The average Bonchev–Trinajstić information content (AvgIpc) is 2.68. The molecule has 0 fully saturated rings. The number of hydrogen-bond donors (Lipinski definition) is 0. The van der Waals surface area contributed by atoms with Gasteiger partial charge in [-0.15, -0.1) is 0 Å². The first-order valence-electron chi connectivity index (χ1n) is 8.01. The van der Waals surface area contributed by atoms with Crippen LogP contribution >= 0.6 is 0 Å². The average molecular weight is 306 g/mol. The smallest absolute Gasteiger partial charge is 0.116 e. The molecule has 1 aromatic heterocycles. The summed E-state index contributed by atoms with van der Waals surface area (Å²) in [5.41, 5.74) is 2.06. The van der Waals surface area contributed by atoms with Crippen molar-refractivity contribution in [2.45, 2.75) is 0 Å². The lowest BCUT2D eigenvalue weighted by Crippen LogP contribution is -1.86. The largest absolute Gasteiger partial charge is 0.245 e. The van der Waals surface area contributed by atoms with Gasteiger partial charge in [-0.3, -0.25) is 0 Å². The SMILES string of the molecule is c1ccc2c(c1)c1ccccc1c1cc(-c3ccncn3)ccc21. The lowest BCUT2D eigenvalue weighted by Gasteiger charge is -2.11. The highest BCUT2D eigenvalue weighted by atomic mass is 14.8. The summed E-state index contributed by atoms with van der Waals surface area (Å²) >= 11 is 0. The third-order valence-corrected chi connectivity index (χ3v) is 4.62. The minimum absolute atomic E-state index is 0.948. The fraction of sp³-hybridized carbons (Fsp3) is 0. The Morgan fingerprint density at radius 2 is 1.12 bits per heavy atom. The molecule has 0 amide bonds. The molecular weight excluding hydrogens is 292 g/mol. The van der Waals surface area contributed by atoms with Crippen LogP contribution in [0.2, 0.25) is 0 Å². The van der Waals surface area contributed by atoms with Crippen molar-refractivity contribution in [1.82, 2.24) is 9.97 Å². The fourth-order valence-corrected chi connectivity index (χ4v) is 3.53. The molecule has 0 radical (unpaired) electrons. The van der Waals surface area contributed by atoms with Gasteiger partial charge in [0.1, 0.15) is 6.33 Å². The number of aromatic nitrogens is 2. The van der Waals surface area contributed by atoms with E-state index in [0.29, 0.717) is 0 Å². The van der Waals surface area contributed by atoms with E-state index in [0.717, 1.165) is 11.3 Å². The third-order valence-electron chi connectivity index (χ3n) is 4.62. The molecule has 0 unspecified atom stereocenters. The van der Waals surface area contributed by atoms with Crippen molar-refractivity contribution in [3.63, 3.8) is 0 Å². The molecule has 24 heavy (non-hydrogen) atoms. The van der Waals surface area contributed by atoms with E-state index in [9.17, 15) is 0 Å². The summed E-state index contributed by atoms with van der Waals surface area (Å²) in [6.45, 7) is 0. The van der Waals surface area contributed by atoms with Crippen molar-refractivity contribution in [2.24, 2.45) is 0 Å². The Morgan fingerprint density at radius 3 is 1.71 bits per heavy atom. The minimum Gasteiger partial charge on any atom is -0.245 e. The normalized spacial score (nSPS) is 11.3. The van der Waals surface area contributed by atoms with Gasteiger partial charge >= 0.3 is 0 Å². The van der Waals surface area contributed by atoms with Crippen LogP contribution in [0, 0.1) is 0 Å². The molecule has 112 valence electrons. The topological polar surface area (TPSA) is 25.8 Å². The first kappa shape index (κ1) is 13.2. The van der Waals surface area contributed by atoms with Crippen LogP contribution in [0.15, 0.2) is 85.3 Å². The van der Waals surface area contributed by atoms with E-state index >= 15 is 0 Å². The van der Waals surface area contributed by atoms with Crippen LogP contribution in [-0.4, -0.2) is 9.97 Å². The molecular formula is C22H14N2. The number of nitrogens with zero attached hydrogens (tertiary/aromatic N) is 2. The van der Waals surface area contributed by atoms with Gasteiger partial charge < -0.3 is 0 Å². The predicted octanol–water partition coefficient (Wildman–Crippen LogP) is 5.60. The van der Waals surface area contributed by atoms with Gasteiger partial charge in [0.15, 0.2) is 0 Å². The maximum absolute atomic E-state index is 4.39. The van der Waals surface area contributed by atoms with Crippen LogP contribution < -0.4 is 0 Å². The molecule has 2 nitrogen and oxygen atoms in total. The van der Waals surface area contributed by atoms with Gasteiger partial charge in [-0.1, -0.05) is 60.7 Å². The Morgan fingerprint density at radius 1 is 0.542 bits per heavy atom. The molecule has 0 N–H and O–H groups in total. The van der Waals surface area contributed by atoms with Gasteiger partial charge in [0, 0.05) is 11.8 Å². The third kappa shape index (κ3) is 1.90. The fourth-order valence-electron chi connectivity index (χ4n) is 3.53. The van der Waals surface area contributed by atoms with Gasteiger partial charge in [-0.2, -0.15) is 0 Å². The van der Waals surface area contributed by atoms with Crippen LogP contribution in [0.5, 0.6) is 0 Å². The second-order valence-corrected chi connectivity index (χ2v) is 5.95. The number of hydrogen-bond acceptors (Lipinski definition) is 2. The first-order valence-corrected chi connectivity index (χ1v) is 8.01. The number of benzene rings is 4. The Kier molecular flexibility index (Phi) is 2.83. The van der Waals surface area contributed by atoms with Crippen LogP contribution in [-0.2, 0) is 0 Å². The summed E-state index contributed by atoms with van der Waals surface area (Å²) in [6.07, 6.45) is 3.38. The van der Waals surface area contributed by atoms with Crippen molar-refractivity contribution in [3.05, 3.63) is 85.3 Å². The Bertz CT molecular complexity index is 1160. The maximum atomic E-state index is 4.39. The van der Waals surface area contributed by atoms with E-state index in [-0.39, 0.29) is 0 Å². The molecule has 0 spiro atoms. The second-order valence-electron chi connectivity index (χ2n) is 5.95. The van der Waals surface area contributed by atoms with Crippen molar-refractivity contribution >= 4 is 32.3 Å². The second kappa shape index (κ2) is 5.14. The van der Waals surface area contributed by atoms with E-state index in [1.54, 1.807) is 12.5 Å². The molecule has 5 aromatic rings. The lowest BCUT2D eigenvalue weighted by atomic mass is 9.93. The van der Waals surface area contributed by atoms with Crippen LogP contribution in [0.4, 0.5) is 0 Å². The summed E-state index contributed by atoms with van der Waals surface area (Å²) in [4.78, 5) is 8.40. The van der Waals surface area contributed by atoms with Gasteiger partial charge in [0.2, 0.25) is 0 Å². The van der Waals surface area contributed by atoms with Gasteiger partial charge in [-0.25, -0.2) is 9.97 Å². The summed E-state index contributed by atoms with van der Waals surface area (Å²) in [6, 6.07) is 25.8. The van der Waals surface area contributed by atoms with Crippen molar-refractivity contribution in [2.75, 3.05) is 0 Å². The van der Waals surface area contributed by atoms with Gasteiger partial charge in [0.05, 0.1) is 5.69 Å². The van der Waals surface area contributed by atoms with Gasteiger partial charge in [0.25, 0.3) is 0 Å². The van der Waals surface area contributed by atoms with E-state index in [1.807, 2.05) is 6.07 Å². The molecule has 0 atom stereocenters. The number of fused-ring (bicyclic) bond motifs is 6. The molecule has 5 rings (SSSR count). The summed E-state index contributed by atoms with van der Waals surface area (Å²) in [7, 11) is 0. The molecule has 4 aromatic carbocycles. The summed E-state index contributed by atoms with van der Waals surface area (Å²) in [5.74, 6) is 0. The van der Waals surface area contributed by atoms with Crippen LogP contribution in [0.25, 0.3) is 43.6 Å². The van der Waals surface area contributed by atoms with E-state index in [2.05, 4.69) is 76.7 Å². The van der Waals surface area contributed by atoms with Crippen molar-refractivity contribution in [1.29, 1.82) is 0 Å². The Balaban J connectivity index is 1.96. The van der Waals surface area contributed by atoms with Crippen LogP contribution in [0.1, 0.15) is 0 Å². The van der Waals surface area contributed by atoms with E-state index in [1.165, 1.54) is 32.3 Å². The first-order chi connectivity index (χ1) is 11.9. The molecule has 1 heterocycles. The van der Waals surface area contributed by atoms with Gasteiger partial charge in [-0.05, 0) is 44.5 Å². The van der Waals surface area contributed by atoms with Crippen molar-refractivity contribution < 1.29 is 0 Å². The quantitative estimate of drug-likeness (QED) is 0.376. The van der Waals surface area contributed by atoms with E-state index < -0.39 is 0 Å². The van der Waals surface area contributed by atoms with E-state index in [4.69, 9.17) is 0 Å². The van der Waals surface area contributed by atoms with Crippen molar-refractivity contribution in [3.8, 4) is 11.3 Å². The molecule has 0 aliphatic rings. The molecule has 0 saturated carbocycles. The lowest BCUT2D eigenvalue weighted by molar-refractivity contribution is 1.17. The molecule has 0 aliphatic carbocycles. The Hall–Kier alpha value is -3.26. The predicted molar refractivity (Wildman–Crippen MR) is 100.0 cm³/mol. The highest BCUT2D eigenvalue weighted by molar-refractivity contribution is 6.25. The zero-order valence-corrected chi connectivity index (χ0v) is 13.0. The molecule has 0 bridgehead atoms. The molecule has 2 heteroatoms. The Labute approximate surface area is 139 Å². The minimum atomic E-state index is 0.948. The molecule has 0 aliphatic heterocycles. The van der Waals surface area contributed by atoms with Crippen LogP contribution in [0.3, 0.4) is 0 Å².